The second kappa shape index (κ2) is 9.46. The van der Waals surface area contributed by atoms with Crippen LogP contribution in [0.5, 0.6) is 11.5 Å². The van der Waals surface area contributed by atoms with Crippen molar-refractivity contribution in [3.63, 3.8) is 0 Å². The SMILES string of the molecule is COc1ccc(C(=O)NC[C@H]2COCCN(C)C2)cc1OCCN. The minimum absolute atomic E-state index is 0.137. The van der Waals surface area contributed by atoms with Gasteiger partial charge >= 0.3 is 0 Å². The highest BCUT2D eigenvalue weighted by molar-refractivity contribution is 5.94. The second-order valence-electron chi connectivity index (χ2n) is 5.92. The summed E-state index contributed by atoms with van der Waals surface area (Å²) in [5, 5.41) is 2.97. The zero-order valence-electron chi connectivity index (χ0n) is 14.4. The first-order valence-corrected chi connectivity index (χ1v) is 8.19. The number of nitrogens with zero attached hydrogens (tertiary/aromatic N) is 1. The molecule has 0 unspecified atom stereocenters. The molecule has 24 heavy (non-hydrogen) atoms. The van der Waals surface area contributed by atoms with E-state index in [9.17, 15) is 4.79 Å². The Morgan fingerprint density at radius 2 is 2.29 bits per heavy atom. The van der Waals surface area contributed by atoms with Crippen LogP contribution in [0.3, 0.4) is 0 Å². The third kappa shape index (κ3) is 5.36. The summed E-state index contributed by atoms with van der Waals surface area (Å²) in [7, 11) is 3.63. The van der Waals surface area contributed by atoms with Gasteiger partial charge in [-0.15, -0.1) is 0 Å². The van der Waals surface area contributed by atoms with Gasteiger partial charge in [0.15, 0.2) is 11.5 Å². The molecule has 2 rings (SSSR count). The van der Waals surface area contributed by atoms with E-state index in [4.69, 9.17) is 19.9 Å². The van der Waals surface area contributed by atoms with Gasteiger partial charge < -0.3 is 30.2 Å². The van der Waals surface area contributed by atoms with Crippen LogP contribution in [-0.2, 0) is 4.74 Å². The molecule has 7 nitrogen and oxygen atoms in total. The van der Waals surface area contributed by atoms with Crippen LogP contribution in [0.4, 0.5) is 0 Å². The van der Waals surface area contributed by atoms with Crippen LogP contribution in [0.15, 0.2) is 18.2 Å². The molecule has 134 valence electrons. The number of benzene rings is 1. The summed E-state index contributed by atoms with van der Waals surface area (Å²) in [5.74, 6) is 1.25. The van der Waals surface area contributed by atoms with E-state index in [0.717, 1.165) is 19.7 Å². The minimum atomic E-state index is -0.137. The lowest BCUT2D eigenvalue weighted by atomic mass is 10.1. The third-order valence-electron chi connectivity index (χ3n) is 3.89. The summed E-state index contributed by atoms with van der Waals surface area (Å²) in [5.41, 5.74) is 5.99. The molecule has 1 saturated heterocycles. The molecule has 0 bridgehead atoms. The first-order valence-electron chi connectivity index (χ1n) is 8.19. The molecule has 0 radical (unpaired) electrons. The van der Waals surface area contributed by atoms with Crippen molar-refractivity contribution < 1.29 is 19.0 Å². The second-order valence-corrected chi connectivity index (χ2v) is 5.92. The zero-order chi connectivity index (χ0) is 17.4. The molecule has 7 heteroatoms. The predicted molar refractivity (Wildman–Crippen MR) is 91.7 cm³/mol. The van der Waals surface area contributed by atoms with Crippen molar-refractivity contribution in [1.29, 1.82) is 0 Å². The Bertz CT molecular complexity index is 539. The van der Waals surface area contributed by atoms with Gasteiger partial charge in [0, 0.05) is 37.7 Å². The molecular weight excluding hydrogens is 310 g/mol. The van der Waals surface area contributed by atoms with Crippen LogP contribution in [0, 0.1) is 5.92 Å². The van der Waals surface area contributed by atoms with E-state index in [0.29, 0.717) is 43.4 Å². The highest BCUT2D eigenvalue weighted by Gasteiger charge is 2.18. The number of ether oxygens (including phenoxy) is 3. The fourth-order valence-electron chi connectivity index (χ4n) is 2.62. The van der Waals surface area contributed by atoms with E-state index in [1.807, 2.05) is 0 Å². The van der Waals surface area contributed by atoms with Gasteiger partial charge in [0.05, 0.1) is 20.3 Å². The molecule has 1 aromatic carbocycles. The lowest BCUT2D eigenvalue weighted by molar-refractivity contribution is 0.0921. The summed E-state index contributed by atoms with van der Waals surface area (Å²) >= 11 is 0. The van der Waals surface area contributed by atoms with Gasteiger partial charge in [-0.1, -0.05) is 0 Å². The molecule has 1 fully saturated rings. The zero-order valence-corrected chi connectivity index (χ0v) is 14.4. The fraction of sp³-hybridized carbons (Fsp3) is 0.588. The number of carbonyl (C=O) groups is 1. The predicted octanol–water partition coefficient (Wildman–Crippen LogP) is 0.341. The van der Waals surface area contributed by atoms with Crippen molar-refractivity contribution in [1.82, 2.24) is 10.2 Å². The van der Waals surface area contributed by atoms with Crippen LogP contribution in [0.25, 0.3) is 0 Å². The van der Waals surface area contributed by atoms with E-state index in [1.54, 1.807) is 25.3 Å². The standard InChI is InChI=1S/C17H27N3O4/c1-20-6-8-23-12-13(11-20)10-19-17(21)14-3-4-15(22-2)16(9-14)24-7-5-18/h3-4,9,13H,5-8,10-12,18H2,1-2H3,(H,19,21)/t13-/m1/s1. The highest BCUT2D eigenvalue weighted by atomic mass is 16.5. The first-order chi connectivity index (χ1) is 11.6. The van der Waals surface area contributed by atoms with Gasteiger partial charge in [-0.3, -0.25) is 4.79 Å². The molecule has 0 aliphatic carbocycles. The van der Waals surface area contributed by atoms with E-state index >= 15 is 0 Å². The molecule has 1 atom stereocenters. The Balaban J connectivity index is 1.95. The van der Waals surface area contributed by atoms with Crippen molar-refractivity contribution in [2.24, 2.45) is 11.7 Å². The minimum Gasteiger partial charge on any atom is -0.493 e. The van der Waals surface area contributed by atoms with Gasteiger partial charge in [-0.05, 0) is 25.2 Å². The number of hydrogen-bond donors (Lipinski definition) is 2. The Morgan fingerprint density at radius 3 is 3.04 bits per heavy atom. The largest absolute Gasteiger partial charge is 0.493 e. The van der Waals surface area contributed by atoms with Crippen molar-refractivity contribution >= 4 is 5.91 Å². The Labute approximate surface area is 143 Å². The van der Waals surface area contributed by atoms with Crippen molar-refractivity contribution in [3.05, 3.63) is 23.8 Å². The van der Waals surface area contributed by atoms with E-state index in [2.05, 4.69) is 17.3 Å². The number of likely N-dealkylation sites (N-methyl/N-ethyl adjacent to an activating group) is 1. The average molecular weight is 337 g/mol. The van der Waals surface area contributed by atoms with Crippen LogP contribution in [0.1, 0.15) is 10.4 Å². The number of carbonyl (C=O) groups excluding carboxylic acids is 1. The average Bonchev–Trinajstić information content (AvgIpc) is 2.81. The number of nitrogens with one attached hydrogen (secondary N) is 1. The summed E-state index contributed by atoms with van der Waals surface area (Å²) in [4.78, 5) is 14.6. The van der Waals surface area contributed by atoms with E-state index in [-0.39, 0.29) is 11.8 Å². The van der Waals surface area contributed by atoms with Crippen molar-refractivity contribution in [2.45, 2.75) is 0 Å². The Hall–Kier alpha value is -1.83. The molecule has 0 saturated carbocycles. The van der Waals surface area contributed by atoms with E-state index in [1.165, 1.54) is 0 Å². The maximum atomic E-state index is 12.4. The molecule has 1 aromatic rings. The molecule has 1 amide bonds. The van der Waals surface area contributed by atoms with Crippen LogP contribution >= 0.6 is 0 Å². The monoisotopic (exact) mass is 337 g/mol. The van der Waals surface area contributed by atoms with Crippen LogP contribution < -0.4 is 20.5 Å². The maximum Gasteiger partial charge on any atom is 0.251 e. The lowest BCUT2D eigenvalue weighted by Crippen LogP contribution is -2.35. The molecule has 3 N–H and O–H groups in total. The topological polar surface area (TPSA) is 86.0 Å². The van der Waals surface area contributed by atoms with Gasteiger partial charge in [0.1, 0.15) is 6.61 Å². The molecule has 1 heterocycles. The van der Waals surface area contributed by atoms with Gasteiger partial charge in [0.25, 0.3) is 5.91 Å². The molecule has 1 aliphatic heterocycles. The van der Waals surface area contributed by atoms with Crippen LogP contribution in [0.2, 0.25) is 0 Å². The summed E-state index contributed by atoms with van der Waals surface area (Å²) in [6.07, 6.45) is 0. The number of methoxy groups -OCH3 is 1. The summed E-state index contributed by atoms with van der Waals surface area (Å²) in [6.45, 7) is 4.58. The number of hydrogen-bond acceptors (Lipinski definition) is 6. The fourth-order valence-corrected chi connectivity index (χ4v) is 2.62. The molecule has 1 aliphatic rings. The summed E-state index contributed by atoms with van der Waals surface area (Å²) in [6, 6.07) is 5.13. The molecule has 0 spiro atoms. The lowest BCUT2D eigenvalue weighted by Gasteiger charge is -2.19. The Kier molecular flexibility index (Phi) is 7.30. The number of amides is 1. The number of rotatable bonds is 7. The Morgan fingerprint density at radius 1 is 1.46 bits per heavy atom. The smallest absolute Gasteiger partial charge is 0.251 e. The first kappa shape index (κ1) is 18.5. The van der Waals surface area contributed by atoms with Gasteiger partial charge in [-0.25, -0.2) is 0 Å². The van der Waals surface area contributed by atoms with Crippen molar-refractivity contribution in [3.8, 4) is 11.5 Å². The third-order valence-corrected chi connectivity index (χ3v) is 3.89. The maximum absolute atomic E-state index is 12.4. The molecule has 0 aromatic heterocycles. The van der Waals surface area contributed by atoms with Gasteiger partial charge in [0.2, 0.25) is 0 Å². The van der Waals surface area contributed by atoms with E-state index < -0.39 is 0 Å². The van der Waals surface area contributed by atoms with Crippen LogP contribution in [-0.4, -0.2) is 71.0 Å². The number of nitrogens with two attached hydrogens (primary N) is 1. The normalized spacial score (nSPS) is 18.7. The summed E-state index contributed by atoms with van der Waals surface area (Å²) < 4.78 is 16.3. The quantitative estimate of drug-likeness (QED) is 0.746. The molecular formula is C17H27N3O4. The van der Waals surface area contributed by atoms with Gasteiger partial charge in [-0.2, -0.15) is 0 Å². The highest BCUT2D eigenvalue weighted by Crippen LogP contribution is 2.28. The van der Waals surface area contributed by atoms with Crippen molar-refractivity contribution in [2.75, 3.05) is 60.2 Å².